The first-order chi connectivity index (χ1) is 13.5. The summed E-state index contributed by atoms with van der Waals surface area (Å²) in [6, 6.07) is 16.0. The van der Waals surface area contributed by atoms with Crippen LogP contribution in [-0.4, -0.2) is 34.0 Å². The summed E-state index contributed by atoms with van der Waals surface area (Å²) in [4.78, 5) is 4.09. The van der Waals surface area contributed by atoms with E-state index in [-0.39, 0.29) is 23.6 Å². The van der Waals surface area contributed by atoms with Gasteiger partial charge in [0.2, 0.25) is 10.0 Å². The Labute approximate surface area is 163 Å². The van der Waals surface area contributed by atoms with Gasteiger partial charge in [0.15, 0.2) is 0 Å². The molecular weight excluding hydrogens is 376 g/mol. The van der Waals surface area contributed by atoms with Gasteiger partial charge in [-0.05, 0) is 41.8 Å². The van der Waals surface area contributed by atoms with E-state index in [1.165, 1.54) is 10.4 Å². The molecule has 0 spiro atoms. The maximum Gasteiger partial charge on any atom is 0.244 e. The van der Waals surface area contributed by atoms with Crippen LogP contribution in [0.4, 0.5) is 0 Å². The summed E-state index contributed by atoms with van der Waals surface area (Å²) in [5, 5.41) is 21.2. The summed E-state index contributed by atoms with van der Waals surface area (Å²) < 4.78 is 28.1. The smallest absolute Gasteiger partial charge is 0.244 e. The lowest BCUT2D eigenvalue weighted by Gasteiger charge is -2.39. The number of rotatable bonds is 4. The van der Waals surface area contributed by atoms with Crippen LogP contribution in [0.25, 0.3) is 0 Å². The molecule has 0 amide bonds. The Morgan fingerprint density at radius 3 is 2.39 bits per heavy atom. The Hall–Kier alpha value is -2.74. The van der Waals surface area contributed by atoms with E-state index in [9.17, 15) is 18.6 Å². The zero-order valence-electron chi connectivity index (χ0n) is 15.0. The Bertz CT molecular complexity index is 1090. The summed E-state index contributed by atoms with van der Waals surface area (Å²) in [6.45, 7) is 0.106. The van der Waals surface area contributed by atoms with Gasteiger partial charge < -0.3 is 10.2 Å². The van der Waals surface area contributed by atoms with Crippen LogP contribution < -0.4 is 0 Å². The number of phenols is 1. The third-order valence-corrected chi connectivity index (χ3v) is 7.01. The maximum absolute atomic E-state index is 13.4. The fraction of sp³-hybridized carbons (Fsp3) is 0.190. The van der Waals surface area contributed by atoms with Gasteiger partial charge in [-0.3, -0.25) is 4.98 Å². The van der Waals surface area contributed by atoms with Crippen molar-refractivity contribution in [2.24, 2.45) is 0 Å². The van der Waals surface area contributed by atoms with Crippen molar-refractivity contribution in [3.05, 3.63) is 89.7 Å². The minimum Gasteiger partial charge on any atom is -0.508 e. The zero-order valence-corrected chi connectivity index (χ0v) is 15.8. The highest BCUT2D eigenvalue weighted by Gasteiger charge is 2.43. The molecule has 28 heavy (non-hydrogen) atoms. The largest absolute Gasteiger partial charge is 0.508 e. The number of pyridine rings is 1. The number of aliphatic hydroxyl groups excluding tert-OH is 1. The topological polar surface area (TPSA) is 90.7 Å². The van der Waals surface area contributed by atoms with Gasteiger partial charge in [-0.25, -0.2) is 8.42 Å². The van der Waals surface area contributed by atoms with Crippen LogP contribution in [0.2, 0.25) is 0 Å². The molecule has 4 rings (SSSR count). The van der Waals surface area contributed by atoms with Gasteiger partial charge in [0, 0.05) is 24.5 Å². The third kappa shape index (κ3) is 3.28. The quantitative estimate of drug-likeness (QED) is 0.708. The van der Waals surface area contributed by atoms with Gasteiger partial charge in [-0.2, -0.15) is 4.31 Å². The van der Waals surface area contributed by atoms with Crippen LogP contribution in [0.3, 0.4) is 0 Å². The van der Waals surface area contributed by atoms with Crippen molar-refractivity contribution >= 4 is 10.0 Å². The normalized spacial score (nSPS) is 21.2. The number of phenolic OH excluding ortho intramolecular Hbond substituents is 1. The molecule has 3 aromatic rings. The van der Waals surface area contributed by atoms with E-state index < -0.39 is 22.2 Å². The third-order valence-electron chi connectivity index (χ3n) is 5.07. The molecule has 2 aromatic carbocycles. The molecule has 144 valence electrons. The molecule has 7 heteroatoms. The lowest BCUT2D eigenvalue weighted by atomic mass is 9.95. The maximum atomic E-state index is 13.4. The van der Waals surface area contributed by atoms with Crippen molar-refractivity contribution in [1.82, 2.24) is 9.29 Å². The van der Waals surface area contributed by atoms with Crippen molar-refractivity contribution < 1.29 is 18.6 Å². The Morgan fingerprint density at radius 2 is 1.64 bits per heavy atom. The number of hydrogen-bond donors (Lipinski definition) is 2. The molecule has 2 heterocycles. The highest BCUT2D eigenvalue weighted by Crippen LogP contribution is 2.39. The van der Waals surface area contributed by atoms with E-state index in [4.69, 9.17) is 0 Å². The molecule has 0 fully saturated rings. The number of aromatic hydroxyl groups is 1. The van der Waals surface area contributed by atoms with Crippen molar-refractivity contribution in [3.8, 4) is 5.75 Å². The molecule has 1 aromatic heterocycles. The number of sulfonamides is 1. The van der Waals surface area contributed by atoms with Crippen molar-refractivity contribution in [3.63, 3.8) is 0 Å². The van der Waals surface area contributed by atoms with Gasteiger partial charge in [0.25, 0.3) is 0 Å². The molecule has 1 aliphatic rings. The van der Waals surface area contributed by atoms with Gasteiger partial charge >= 0.3 is 0 Å². The first kappa shape index (κ1) is 18.6. The van der Waals surface area contributed by atoms with E-state index >= 15 is 0 Å². The molecule has 1 aliphatic heterocycles. The molecule has 0 aliphatic carbocycles. The van der Waals surface area contributed by atoms with Crippen LogP contribution in [0, 0.1) is 0 Å². The van der Waals surface area contributed by atoms with Crippen molar-refractivity contribution in [2.75, 3.05) is 0 Å². The number of nitrogens with zero attached hydrogens (tertiary/aromatic N) is 2. The van der Waals surface area contributed by atoms with E-state index in [0.29, 0.717) is 11.1 Å². The monoisotopic (exact) mass is 396 g/mol. The average Bonchev–Trinajstić information content (AvgIpc) is 2.71. The molecule has 0 unspecified atom stereocenters. The molecule has 2 atom stereocenters. The Balaban J connectivity index is 1.81. The van der Waals surface area contributed by atoms with E-state index in [1.807, 2.05) is 0 Å². The Morgan fingerprint density at radius 1 is 0.964 bits per heavy atom. The molecular formula is C21H20N2O4S. The number of benzene rings is 2. The summed E-state index contributed by atoms with van der Waals surface area (Å²) in [6.07, 6.45) is 2.39. The van der Waals surface area contributed by atoms with Gasteiger partial charge in [0.1, 0.15) is 5.75 Å². The van der Waals surface area contributed by atoms with E-state index in [0.717, 1.165) is 5.56 Å². The van der Waals surface area contributed by atoms with Crippen molar-refractivity contribution in [2.45, 2.75) is 30.0 Å². The van der Waals surface area contributed by atoms with Gasteiger partial charge in [0.05, 0.1) is 17.0 Å². The standard InChI is InChI=1S/C21H20N2O4S/c24-19-7-3-1-5-16(19)13-18-21(25)17-6-2-4-8-20(17)28(26,27)23(18)14-15-9-11-22-12-10-15/h1-12,18,21,24-25H,13-14H2/t18-,21-/m0/s1. The highest BCUT2D eigenvalue weighted by molar-refractivity contribution is 7.89. The fourth-order valence-electron chi connectivity index (χ4n) is 3.62. The number of fused-ring (bicyclic) bond motifs is 1. The zero-order chi connectivity index (χ0) is 19.7. The Kier molecular flexibility index (Phi) is 4.89. The number of aliphatic hydroxyl groups is 1. The highest BCUT2D eigenvalue weighted by atomic mass is 32.2. The van der Waals surface area contributed by atoms with Crippen LogP contribution >= 0.6 is 0 Å². The second-order valence-electron chi connectivity index (χ2n) is 6.79. The van der Waals surface area contributed by atoms with Crippen LogP contribution in [-0.2, 0) is 23.0 Å². The average molecular weight is 396 g/mol. The van der Waals surface area contributed by atoms with Crippen molar-refractivity contribution in [1.29, 1.82) is 0 Å². The molecule has 0 bridgehead atoms. The van der Waals surface area contributed by atoms with E-state index in [2.05, 4.69) is 4.98 Å². The molecule has 2 N–H and O–H groups in total. The predicted octanol–water partition coefficient (Wildman–Crippen LogP) is 2.64. The number of hydrogen-bond acceptors (Lipinski definition) is 5. The lowest BCUT2D eigenvalue weighted by Crippen LogP contribution is -2.48. The van der Waals surface area contributed by atoms with Crippen LogP contribution in [0.15, 0.2) is 78.0 Å². The number of aromatic nitrogens is 1. The molecule has 0 saturated heterocycles. The minimum atomic E-state index is -3.82. The summed E-state index contributed by atoms with van der Waals surface area (Å²) in [5.74, 6) is 0.0785. The van der Waals surface area contributed by atoms with Crippen LogP contribution in [0.5, 0.6) is 5.75 Å². The summed E-state index contributed by atoms with van der Waals surface area (Å²) >= 11 is 0. The summed E-state index contributed by atoms with van der Waals surface area (Å²) in [7, 11) is -3.82. The molecule has 0 saturated carbocycles. The van der Waals surface area contributed by atoms with Gasteiger partial charge in [-0.15, -0.1) is 0 Å². The van der Waals surface area contributed by atoms with Crippen LogP contribution in [0.1, 0.15) is 22.8 Å². The first-order valence-corrected chi connectivity index (χ1v) is 10.4. The fourth-order valence-corrected chi connectivity index (χ4v) is 5.48. The summed E-state index contributed by atoms with van der Waals surface area (Å²) in [5.41, 5.74) is 1.74. The predicted molar refractivity (Wildman–Crippen MR) is 104 cm³/mol. The second kappa shape index (κ2) is 7.35. The molecule has 0 radical (unpaired) electrons. The molecule has 6 nitrogen and oxygen atoms in total. The first-order valence-electron chi connectivity index (χ1n) is 8.93. The lowest BCUT2D eigenvalue weighted by molar-refractivity contribution is 0.0766. The second-order valence-corrected chi connectivity index (χ2v) is 8.65. The minimum absolute atomic E-state index is 0.0785. The SMILES string of the molecule is O=S1(=O)c2ccccc2[C@H](O)[C@H](Cc2ccccc2O)N1Cc1ccncc1. The van der Waals surface area contributed by atoms with Gasteiger partial charge in [-0.1, -0.05) is 36.4 Å². The number of para-hydroxylation sites is 1. The van der Waals surface area contributed by atoms with E-state index in [1.54, 1.807) is 67.0 Å².